The summed E-state index contributed by atoms with van der Waals surface area (Å²) in [6.07, 6.45) is 5.07. The Morgan fingerprint density at radius 2 is 1.94 bits per heavy atom. The first kappa shape index (κ1) is 23.0. The van der Waals surface area contributed by atoms with Crippen LogP contribution in [0.25, 0.3) is 11.3 Å². The smallest absolute Gasteiger partial charge is 0.254 e. The molecule has 1 saturated heterocycles. The molecule has 1 N–H and O–H groups in total. The van der Waals surface area contributed by atoms with E-state index in [2.05, 4.69) is 39.1 Å². The van der Waals surface area contributed by atoms with Crippen LogP contribution in [0.3, 0.4) is 0 Å². The molecule has 2 aromatic heterocycles. The normalized spacial score (nSPS) is 14.5. The molecule has 0 spiro atoms. The lowest BCUT2D eigenvalue weighted by Gasteiger charge is -2.37. The van der Waals surface area contributed by atoms with Crippen molar-refractivity contribution in [1.82, 2.24) is 29.5 Å². The summed E-state index contributed by atoms with van der Waals surface area (Å²) in [4.78, 5) is 26.1. The third-order valence-corrected chi connectivity index (χ3v) is 6.03. The second kappa shape index (κ2) is 9.76. The summed E-state index contributed by atoms with van der Waals surface area (Å²) in [5.41, 5.74) is 2.61. The molecule has 1 fully saturated rings. The van der Waals surface area contributed by atoms with Crippen LogP contribution in [0.2, 0.25) is 5.02 Å². The molecule has 1 aromatic carbocycles. The molecule has 3 aromatic rings. The zero-order chi connectivity index (χ0) is 23.5. The molecule has 4 rings (SSSR count). The van der Waals surface area contributed by atoms with Gasteiger partial charge in [-0.3, -0.25) is 14.4 Å². The van der Waals surface area contributed by atoms with Gasteiger partial charge in [0.15, 0.2) is 0 Å². The standard InChI is InChI=1S/C23H28ClN7O2/c1-15(2)30-7-9-31(10-8-30)22(32)16-5-6-19(20(11-16)33-4)27-23-25-13-18(24)21(28-23)17-12-26-29(3)14-17/h5-6,11-15H,7-10H2,1-4H3,(H,25,27,28). The minimum Gasteiger partial charge on any atom is -0.495 e. The summed E-state index contributed by atoms with van der Waals surface area (Å²) in [5.74, 6) is 0.897. The highest BCUT2D eigenvalue weighted by molar-refractivity contribution is 6.32. The Morgan fingerprint density at radius 1 is 1.18 bits per heavy atom. The van der Waals surface area contributed by atoms with Gasteiger partial charge in [0.2, 0.25) is 5.95 Å². The molecular formula is C23H28ClN7O2. The minimum atomic E-state index is 0.00450. The van der Waals surface area contributed by atoms with Crippen molar-refractivity contribution in [2.24, 2.45) is 7.05 Å². The molecule has 0 radical (unpaired) electrons. The molecule has 10 heteroatoms. The van der Waals surface area contributed by atoms with Gasteiger partial charge in [-0.15, -0.1) is 0 Å². The van der Waals surface area contributed by atoms with E-state index in [9.17, 15) is 4.79 Å². The lowest BCUT2D eigenvalue weighted by molar-refractivity contribution is 0.0595. The number of carbonyl (C=O) groups is 1. The zero-order valence-electron chi connectivity index (χ0n) is 19.2. The number of hydrogen-bond donors (Lipinski definition) is 1. The number of methoxy groups -OCH3 is 1. The van der Waals surface area contributed by atoms with Crippen molar-refractivity contribution >= 4 is 29.1 Å². The highest BCUT2D eigenvalue weighted by atomic mass is 35.5. The van der Waals surface area contributed by atoms with E-state index in [0.717, 1.165) is 31.7 Å². The number of benzene rings is 1. The Bertz CT molecular complexity index is 1140. The van der Waals surface area contributed by atoms with Crippen molar-refractivity contribution in [2.75, 3.05) is 38.6 Å². The van der Waals surface area contributed by atoms with Gasteiger partial charge in [-0.25, -0.2) is 9.97 Å². The van der Waals surface area contributed by atoms with E-state index >= 15 is 0 Å². The van der Waals surface area contributed by atoms with Crippen molar-refractivity contribution < 1.29 is 9.53 Å². The van der Waals surface area contributed by atoms with Crippen LogP contribution < -0.4 is 10.1 Å². The van der Waals surface area contributed by atoms with Crippen LogP contribution >= 0.6 is 11.6 Å². The average Bonchev–Trinajstić information content (AvgIpc) is 3.26. The van der Waals surface area contributed by atoms with E-state index in [1.54, 1.807) is 42.4 Å². The summed E-state index contributed by atoms with van der Waals surface area (Å²) in [6, 6.07) is 5.83. The highest BCUT2D eigenvalue weighted by Gasteiger charge is 2.24. The third kappa shape index (κ3) is 5.09. The Morgan fingerprint density at radius 3 is 2.58 bits per heavy atom. The molecule has 33 heavy (non-hydrogen) atoms. The topological polar surface area (TPSA) is 88.4 Å². The minimum absolute atomic E-state index is 0.00450. The maximum atomic E-state index is 13.0. The van der Waals surface area contributed by atoms with Crippen LogP contribution in [0.15, 0.2) is 36.8 Å². The van der Waals surface area contributed by atoms with Crippen molar-refractivity contribution in [3.63, 3.8) is 0 Å². The Hall–Kier alpha value is -3.17. The quantitative estimate of drug-likeness (QED) is 0.591. The van der Waals surface area contributed by atoms with Gasteiger partial charge in [0, 0.05) is 56.6 Å². The number of nitrogens with zero attached hydrogens (tertiary/aromatic N) is 6. The molecule has 3 heterocycles. The number of nitrogens with one attached hydrogen (secondary N) is 1. The SMILES string of the molecule is COc1cc(C(=O)N2CCN(C(C)C)CC2)ccc1Nc1ncc(Cl)c(-c2cnn(C)c2)n1. The number of rotatable bonds is 6. The van der Waals surface area contributed by atoms with E-state index < -0.39 is 0 Å². The molecule has 0 aliphatic carbocycles. The van der Waals surface area contributed by atoms with Crippen LogP contribution in [0.1, 0.15) is 24.2 Å². The van der Waals surface area contributed by atoms with Crippen LogP contribution in [0.4, 0.5) is 11.6 Å². The van der Waals surface area contributed by atoms with Gasteiger partial charge >= 0.3 is 0 Å². The van der Waals surface area contributed by atoms with Crippen LogP contribution in [0, 0.1) is 0 Å². The molecule has 174 valence electrons. The van der Waals surface area contributed by atoms with Gasteiger partial charge in [-0.05, 0) is 32.0 Å². The van der Waals surface area contributed by atoms with E-state index in [4.69, 9.17) is 16.3 Å². The third-order valence-electron chi connectivity index (χ3n) is 5.75. The predicted octanol–water partition coefficient (Wildman–Crippen LogP) is 3.45. The molecule has 0 bridgehead atoms. The number of aromatic nitrogens is 4. The number of hydrogen-bond acceptors (Lipinski definition) is 7. The summed E-state index contributed by atoms with van der Waals surface area (Å²) in [7, 11) is 3.40. The van der Waals surface area contributed by atoms with Crippen molar-refractivity contribution in [1.29, 1.82) is 0 Å². The number of carbonyl (C=O) groups excluding carboxylic acids is 1. The first-order valence-corrected chi connectivity index (χ1v) is 11.2. The maximum Gasteiger partial charge on any atom is 0.254 e. The molecule has 1 aliphatic rings. The Balaban J connectivity index is 1.51. The number of amides is 1. The Kier molecular flexibility index (Phi) is 6.80. The van der Waals surface area contributed by atoms with Gasteiger partial charge in [0.1, 0.15) is 5.75 Å². The fourth-order valence-corrected chi connectivity index (χ4v) is 4.05. The number of halogens is 1. The van der Waals surface area contributed by atoms with E-state index in [-0.39, 0.29) is 5.91 Å². The van der Waals surface area contributed by atoms with Crippen LogP contribution in [-0.2, 0) is 7.05 Å². The fraction of sp³-hybridized carbons (Fsp3) is 0.391. The van der Waals surface area contributed by atoms with E-state index in [0.29, 0.717) is 39.7 Å². The van der Waals surface area contributed by atoms with Gasteiger partial charge in [0.25, 0.3) is 5.91 Å². The van der Waals surface area contributed by atoms with Crippen LogP contribution in [-0.4, -0.2) is 74.8 Å². The fourth-order valence-electron chi connectivity index (χ4n) is 3.85. The number of aryl methyl sites for hydroxylation is 1. The van der Waals surface area contributed by atoms with E-state index in [1.807, 2.05) is 18.1 Å². The first-order chi connectivity index (χ1) is 15.9. The van der Waals surface area contributed by atoms with E-state index in [1.165, 1.54) is 0 Å². The second-order valence-corrected chi connectivity index (χ2v) is 8.66. The van der Waals surface area contributed by atoms with Gasteiger partial charge < -0.3 is 15.0 Å². The number of piperazine rings is 1. The molecule has 1 aliphatic heterocycles. The molecule has 0 unspecified atom stereocenters. The van der Waals surface area contributed by atoms with Gasteiger partial charge in [-0.2, -0.15) is 5.10 Å². The van der Waals surface area contributed by atoms with Crippen molar-refractivity contribution in [2.45, 2.75) is 19.9 Å². The lowest BCUT2D eigenvalue weighted by atomic mass is 10.1. The van der Waals surface area contributed by atoms with Crippen LogP contribution in [0.5, 0.6) is 5.75 Å². The maximum absolute atomic E-state index is 13.0. The highest BCUT2D eigenvalue weighted by Crippen LogP contribution is 2.31. The molecule has 0 saturated carbocycles. The van der Waals surface area contributed by atoms with Gasteiger partial charge in [-0.1, -0.05) is 11.6 Å². The number of ether oxygens (including phenoxy) is 1. The molecule has 1 amide bonds. The Labute approximate surface area is 198 Å². The summed E-state index contributed by atoms with van der Waals surface area (Å²) in [6.45, 7) is 7.56. The van der Waals surface area contributed by atoms with Crippen molar-refractivity contribution in [3.8, 4) is 17.0 Å². The summed E-state index contributed by atoms with van der Waals surface area (Å²) >= 11 is 6.30. The largest absolute Gasteiger partial charge is 0.495 e. The molecular weight excluding hydrogens is 442 g/mol. The second-order valence-electron chi connectivity index (χ2n) is 8.25. The average molecular weight is 470 g/mol. The summed E-state index contributed by atoms with van der Waals surface area (Å²) < 4.78 is 7.23. The van der Waals surface area contributed by atoms with Gasteiger partial charge in [0.05, 0.1) is 35.9 Å². The molecule has 0 atom stereocenters. The molecule has 9 nitrogen and oxygen atoms in total. The zero-order valence-corrected chi connectivity index (χ0v) is 20.0. The van der Waals surface area contributed by atoms with Crippen molar-refractivity contribution in [3.05, 3.63) is 47.4 Å². The first-order valence-electron chi connectivity index (χ1n) is 10.9. The monoisotopic (exact) mass is 469 g/mol. The number of anilines is 2. The lowest BCUT2D eigenvalue weighted by Crippen LogP contribution is -2.50. The predicted molar refractivity (Wildman–Crippen MR) is 128 cm³/mol. The summed E-state index contributed by atoms with van der Waals surface area (Å²) in [5, 5.41) is 7.77.